The highest BCUT2D eigenvalue weighted by Gasteiger charge is 2.43. The van der Waals surface area contributed by atoms with Gasteiger partial charge in [-0.05, 0) is 40.2 Å². The predicted molar refractivity (Wildman–Crippen MR) is 114 cm³/mol. The zero-order valence-corrected chi connectivity index (χ0v) is 18.7. The number of ether oxygens (including phenoxy) is 2. The molecule has 0 spiro atoms. The lowest BCUT2D eigenvalue weighted by Gasteiger charge is -2.38. The van der Waals surface area contributed by atoms with E-state index in [0.717, 1.165) is 25.0 Å². The third kappa shape index (κ3) is 6.15. The number of hydrogen-bond donors (Lipinski definition) is 1. The third-order valence-electron chi connectivity index (χ3n) is 4.46. The van der Waals surface area contributed by atoms with Crippen LogP contribution in [0.5, 0.6) is 0 Å². The minimum absolute atomic E-state index is 0.0435. The molecule has 0 saturated carbocycles. The summed E-state index contributed by atoms with van der Waals surface area (Å²) in [5.41, 5.74) is -2.15. The fraction of sp³-hybridized carbons (Fsp3) is 0.600. The molecule has 0 bridgehead atoms. The Bertz CT molecular complexity index is 827. The molecule has 8 nitrogen and oxygen atoms in total. The Morgan fingerprint density at radius 3 is 2.77 bits per heavy atom. The van der Waals surface area contributed by atoms with Crippen LogP contribution in [0.15, 0.2) is 23.2 Å². The number of carbonyl (C=O) groups is 1. The smallest absolute Gasteiger partial charge is 0.413 e. The van der Waals surface area contributed by atoms with Gasteiger partial charge < -0.3 is 9.47 Å². The summed E-state index contributed by atoms with van der Waals surface area (Å²) in [5, 5.41) is 14.1. The van der Waals surface area contributed by atoms with Crippen molar-refractivity contribution in [1.29, 1.82) is 0 Å². The van der Waals surface area contributed by atoms with Crippen LogP contribution in [0.4, 0.5) is 14.9 Å². The molecule has 0 radical (unpaired) electrons. The van der Waals surface area contributed by atoms with E-state index in [4.69, 9.17) is 9.47 Å². The number of alkyl carbamates (subject to hydrolysis) is 1. The van der Waals surface area contributed by atoms with Crippen molar-refractivity contribution in [2.24, 2.45) is 4.99 Å². The zero-order valence-electron chi connectivity index (χ0n) is 17.9. The van der Waals surface area contributed by atoms with Gasteiger partial charge in [-0.3, -0.25) is 15.4 Å². The van der Waals surface area contributed by atoms with Crippen LogP contribution in [0.2, 0.25) is 0 Å². The molecule has 2 rings (SSSR count). The number of nitrogens with one attached hydrogen (secondary N) is 1. The maximum Gasteiger partial charge on any atom is 0.413 e. The van der Waals surface area contributed by atoms with E-state index in [1.165, 1.54) is 17.8 Å². The summed E-state index contributed by atoms with van der Waals surface area (Å²) in [6.45, 7) is 9.35. The van der Waals surface area contributed by atoms with E-state index < -0.39 is 34.1 Å². The van der Waals surface area contributed by atoms with E-state index in [2.05, 4.69) is 10.3 Å². The first-order valence-electron chi connectivity index (χ1n) is 9.75. The summed E-state index contributed by atoms with van der Waals surface area (Å²) in [6.07, 6.45) is 0.536. The van der Waals surface area contributed by atoms with Crippen LogP contribution in [0.3, 0.4) is 0 Å². The first-order chi connectivity index (χ1) is 14.0. The van der Waals surface area contributed by atoms with E-state index in [0.29, 0.717) is 12.4 Å². The summed E-state index contributed by atoms with van der Waals surface area (Å²) >= 11 is 1.25. The number of carbonyl (C=O) groups excluding carboxylic acids is 1. The molecule has 1 N–H and O–H groups in total. The van der Waals surface area contributed by atoms with Crippen LogP contribution in [-0.4, -0.2) is 40.2 Å². The lowest BCUT2D eigenvalue weighted by Crippen LogP contribution is -2.47. The van der Waals surface area contributed by atoms with Crippen LogP contribution in [0, 0.1) is 15.9 Å². The molecule has 1 aliphatic rings. The highest BCUT2D eigenvalue weighted by molar-refractivity contribution is 8.14. The van der Waals surface area contributed by atoms with Crippen LogP contribution < -0.4 is 5.32 Å². The number of rotatable bonds is 6. The van der Waals surface area contributed by atoms with Crippen molar-refractivity contribution < 1.29 is 23.6 Å². The van der Waals surface area contributed by atoms with Gasteiger partial charge in [0.25, 0.3) is 5.69 Å². The zero-order chi connectivity index (χ0) is 22.5. The van der Waals surface area contributed by atoms with Crippen LogP contribution in [0.25, 0.3) is 0 Å². The van der Waals surface area contributed by atoms with E-state index in [-0.39, 0.29) is 16.4 Å². The molecular formula is C20H28FN3O5S. The second kappa shape index (κ2) is 9.74. The molecule has 0 fully saturated rings. The van der Waals surface area contributed by atoms with E-state index in [1.807, 2.05) is 6.92 Å². The number of halogens is 1. The Labute approximate surface area is 179 Å². The first-order valence-corrected chi connectivity index (χ1v) is 10.7. The maximum absolute atomic E-state index is 14.8. The molecule has 0 aliphatic carbocycles. The van der Waals surface area contributed by atoms with Crippen molar-refractivity contribution in [3.8, 4) is 0 Å². The molecule has 1 amide bonds. The molecule has 1 unspecified atom stereocenters. The number of thioether (sulfide) groups is 1. The highest BCUT2D eigenvalue weighted by Crippen LogP contribution is 2.40. The minimum atomic E-state index is -1.26. The second-order valence-corrected chi connectivity index (χ2v) is 9.15. The Kier molecular flexibility index (Phi) is 7.81. The van der Waals surface area contributed by atoms with Crippen LogP contribution in [0.1, 0.15) is 53.0 Å². The molecule has 0 aromatic heterocycles. The van der Waals surface area contributed by atoms with Crippen molar-refractivity contribution >= 4 is 28.7 Å². The second-order valence-electron chi connectivity index (χ2n) is 8.14. The summed E-state index contributed by atoms with van der Waals surface area (Å²) in [5.74, 6) is -0.240. The van der Waals surface area contributed by atoms with Crippen molar-refractivity contribution in [3.05, 3.63) is 39.7 Å². The SMILES string of the molecule is CCCCOC1CSC(NC(=O)OC(C)(C)C)=N[C@]1(C)c1cc([N+](=O)[O-])ccc1F. The van der Waals surface area contributed by atoms with Gasteiger partial charge in [0.1, 0.15) is 17.0 Å². The minimum Gasteiger partial charge on any atom is -0.444 e. The Morgan fingerprint density at radius 1 is 1.47 bits per heavy atom. The number of unbranched alkanes of at least 4 members (excludes halogenated alkanes) is 1. The van der Waals surface area contributed by atoms with Crippen molar-refractivity contribution in [2.75, 3.05) is 12.4 Å². The molecule has 1 heterocycles. The Balaban J connectivity index is 2.42. The predicted octanol–water partition coefficient (Wildman–Crippen LogP) is 4.76. The summed E-state index contributed by atoms with van der Waals surface area (Å²) in [7, 11) is 0. The molecule has 10 heteroatoms. The molecule has 1 aliphatic heterocycles. The largest absolute Gasteiger partial charge is 0.444 e. The van der Waals surface area contributed by atoms with Gasteiger partial charge in [0.2, 0.25) is 0 Å². The Morgan fingerprint density at radius 2 is 2.17 bits per heavy atom. The van der Waals surface area contributed by atoms with E-state index in [1.54, 1.807) is 27.7 Å². The molecule has 0 saturated heterocycles. The molecular weight excluding hydrogens is 413 g/mol. The number of non-ortho nitro benzene ring substituents is 1. The average molecular weight is 442 g/mol. The van der Waals surface area contributed by atoms with Crippen molar-refractivity contribution in [3.63, 3.8) is 0 Å². The number of hydrogen-bond acceptors (Lipinski definition) is 7. The summed E-state index contributed by atoms with van der Waals surface area (Å²) < 4.78 is 26.0. The quantitative estimate of drug-likeness (QED) is 0.388. The van der Waals surface area contributed by atoms with Gasteiger partial charge in [-0.2, -0.15) is 0 Å². The van der Waals surface area contributed by atoms with Gasteiger partial charge in [-0.1, -0.05) is 25.1 Å². The lowest BCUT2D eigenvalue weighted by atomic mass is 9.86. The summed E-state index contributed by atoms with van der Waals surface area (Å²) in [4.78, 5) is 27.4. The van der Waals surface area contributed by atoms with E-state index in [9.17, 15) is 19.3 Å². The number of benzene rings is 1. The van der Waals surface area contributed by atoms with Gasteiger partial charge in [0.05, 0.1) is 11.0 Å². The first kappa shape index (κ1) is 24.1. The van der Waals surface area contributed by atoms with E-state index >= 15 is 0 Å². The van der Waals surface area contributed by atoms with Gasteiger partial charge in [-0.15, -0.1) is 0 Å². The molecule has 166 valence electrons. The molecule has 1 aromatic rings. The standard InChI is InChI=1S/C20H28FN3O5S/c1-6-7-10-28-16-12-30-17(22-18(25)29-19(2,3)4)23-20(16,5)14-11-13(24(26)27)8-9-15(14)21/h8-9,11,16H,6-7,10,12H2,1-5H3,(H,22,23,25)/t16?,20-/m1/s1. The lowest BCUT2D eigenvalue weighted by molar-refractivity contribution is -0.385. The van der Waals surface area contributed by atoms with Crippen LogP contribution >= 0.6 is 11.8 Å². The van der Waals surface area contributed by atoms with Gasteiger partial charge in [-0.25, -0.2) is 14.2 Å². The van der Waals surface area contributed by atoms with Gasteiger partial charge >= 0.3 is 6.09 Å². The van der Waals surface area contributed by atoms with Crippen molar-refractivity contribution in [1.82, 2.24) is 5.32 Å². The fourth-order valence-corrected chi connectivity index (χ4v) is 4.06. The fourth-order valence-electron chi connectivity index (χ4n) is 2.92. The molecule has 2 atom stereocenters. The number of nitro groups is 1. The van der Waals surface area contributed by atoms with Crippen molar-refractivity contribution in [2.45, 2.75) is 64.7 Å². The number of aliphatic imine (C=N–C) groups is 1. The number of nitrogens with zero attached hydrogens (tertiary/aromatic N) is 2. The topological polar surface area (TPSA) is 103 Å². The van der Waals surface area contributed by atoms with Gasteiger partial charge in [0, 0.05) is 30.1 Å². The number of nitro benzene ring substituents is 1. The Hall–Kier alpha value is -2.20. The molecule has 30 heavy (non-hydrogen) atoms. The number of amides is 1. The highest BCUT2D eigenvalue weighted by atomic mass is 32.2. The monoisotopic (exact) mass is 441 g/mol. The normalized spacial score (nSPS) is 21.7. The molecule has 1 aromatic carbocycles. The summed E-state index contributed by atoms with van der Waals surface area (Å²) in [6, 6.07) is 3.34. The van der Waals surface area contributed by atoms with Gasteiger partial charge in [0.15, 0.2) is 5.17 Å². The average Bonchev–Trinajstić information content (AvgIpc) is 2.62. The maximum atomic E-state index is 14.8. The number of amidine groups is 1. The third-order valence-corrected chi connectivity index (χ3v) is 5.40. The van der Waals surface area contributed by atoms with Crippen LogP contribution in [-0.2, 0) is 15.0 Å².